The Morgan fingerprint density at radius 3 is 2.62 bits per heavy atom. The van der Waals surface area contributed by atoms with Gasteiger partial charge < -0.3 is 9.84 Å². The molecule has 1 aromatic carbocycles. The maximum absolute atomic E-state index is 13.4. The van der Waals surface area contributed by atoms with Gasteiger partial charge in [0, 0.05) is 32.7 Å². The summed E-state index contributed by atoms with van der Waals surface area (Å²) in [5.74, 6) is 0.871. The van der Waals surface area contributed by atoms with Crippen LogP contribution in [0, 0.1) is 0 Å². The molecule has 1 unspecified atom stereocenters. The number of fused-ring (bicyclic) bond motifs is 1. The third kappa shape index (κ3) is 5.27. The third-order valence-electron chi connectivity index (χ3n) is 6.12. The Morgan fingerprint density at radius 2 is 1.91 bits per heavy atom. The van der Waals surface area contributed by atoms with Gasteiger partial charge in [-0.25, -0.2) is 4.98 Å². The lowest BCUT2D eigenvalue weighted by atomic mass is 10.1. The van der Waals surface area contributed by atoms with Gasteiger partial charge in [-0.1, -0.05) is 37.3 Å². The molecule has 172 valence electrons. The van der Waals surface area contributed by atoms with Crippen LogP contribution in [-0.4, -0.2) is 77.0 Å². The van der Waals surface area contributed by atoms with Crippen molar-refractivity contribution in [1.29, 1.82) is 0 Å². The van der Waals surface area contributed by atoms with Gasteiger partial charge in [0.25, 0.3) is 5.56 Å². The van der Waals surface area contributed by atoms with Crippen molar-refractivity contribution in [2.75, 3.05) is 52.5 Å². The Kier molecular flexibility index (Phi) is 8.05. The number of nitrogens with zero attached hydrogens (tertiary/aromatic N) is 4. The van der Waals surface area contributed by atoms with Crippen LogP contribution in [0.25, 0.3) is 10.2 Å². The molecular weight excluding hydrogens is 424 g/mol. The summed E-state index contributed by atoms with van der Waals surface area (Å²) in [5, 5.41) is 11.5. The van der Waals surface area contributed by atoms with E-state index < -0.39 is 0 Å². The highest BCUT2D eigenvalue weighted by Crippen LogP contribution is 2.26. The predicted molar refractivity (Wildman–Crippen MR) is 128 cm³/mol. The average molecular weight is 457 g/mol. The summed E-state index contributed by atoms with van der Waals surface area (Å²) < 4.78 is 7.30. The van der Waals surface area contributed by atoms with Crippen LogP contribution in [0.5, 0.6) is 0 Å². The second kappa shape index (κ2) is 11.2. The highest BCUT2D eigenvalue weighted by atomic mass is 32.1. The number of aliphatic hydroxyl groups excluding tert-OH is 1. The third-order valence-corrected chi connectivity index (χ3v) is 6.92. The Labute approximate surface area is 192 Å². The van der Waals surface area contributed by atoms with Crippen LogP contribution < -0.4 is 5.56 Å². The molecule has 4 rings (SSSR count). The van der Waals surface area contributed by atoms with E-state index in [1.807, 2.05) is 34.2 Å². The first kappa shape index (κ1) is 23.1. The molecule has 0 radical (unpaired) electrons. The smallest absolute Gasteiger partial charge is 0.262 e. The molecule has 0 amide bonds. The van der Waals surface area contributed by atoms with Crippen molar-refractivity contribution < 1.29 is 9.84 Å². The Hall–Kier alpha value is -2.10. The van der Waals surface area contributed by atoms with Crippen LogP contribution in [0.2, 0.25) is 0 Å². The number of piperazine rings is 1. The first-order chi connectivity index (χ1) is 15.7. The Morgan fingerprint density at radius 1 is 1.12 bits per heavy atom. The SMILES string of the molecule is CCC(c1nc2sccc2c(=O)n1Cc1ccccc1)N1CCN(CCOCCO)CC1. The zero-order valence-electron chi connectivity index (χ0n) is 18.7. The summed E-state index contributed by atoms with van der Waals surface area (Å²) in [7, 11) is 0. The highest BCUT2D eigenvalue weighted by molar-refractivity contribution is 7.16. The lowest BCUT2D eigenvalue weighted by molar-refractivity contribution is 0.0460. The Balaban J connectivity index is 1.56. The van der Waals surface area contributed by atoms with Crippen LogP contribution >= 0.6 is 11.3 Å². The van der Waals surface area contributed by atoms with Crippen LogP contribution in [0.1, 0.15) is 30.8 Å². The lowest BCUT2D eigenvalue weighted by Gasteiger charge is -2.39. The minimum absolute atomic E-state index is 0.0493. The van der Waals surface area contributed by atoms with Crippen LogP contribution in [0.4, 0.5) is 0 Å². The van der Waals surface area contributed by atoms with Gasteiger partial charge in [-0.3, -0.25) is 19.2 Å². The van der Waals surface area contributed by atoms with Crippen molar-refractivity contribution in [1.82, 2.24) is 19.4 Å². The summed E-state index contributed by atoms with van der Waals surface area (Å²) in [4.78, 5) is 24.1. The van der Waals surface area contributed by atoms with Crippen LogP contribution in [0.3, 0.4) is 0 Å². The first-order valence-corrected chi connectivity index (χ1v) is 12.3. The van der Waals surface area contributed by atoms with Gasteiger partial charge >= 0.3 is 0 Å². The monoisotopic (exact) mass is 456 g/mol. The molecule has 3 aromatic rings. The molecule has 1 N–H and O–H groups in total. The molecule has 8 heteroatoms. The molecule has 1 fully saturated rings. The van der Waals surface area contributed by atoms with Crippen molar-refractivity contribution in [3.63, 3.8) is 0 Å². The molecule has 2 aromatic heterocycles. The van der Waals surface area contributed by atoms with E-state index in [-0.39, 0.29) is 18.2 Å². The van der Waals surface area contributed by atoms with Gasteiger partial charge in [-0.05, 0) is 23.4 Å². The number of aliphatic hydroxyl groups is 1. The molecule has 32 heavy (non-hydrogen) atoms. The van der Waals surface area contributed by atoms with Crippen molar-refractivity contribution in [2.45, 2.75) is 25.9 Å². The molecule has 0 saturated carbocycles. The fourth-order valence-electron chi connectivity index (χ4n) is 4.40. The van der Waals surface area contributed by atoms with Gasteiger partial charge in [0.2, 0.25) is 0 Å². The molecule has 0 spiro atoms. The molecule has 0 aliphatic carbocycles. The van der Waals surface area contributed by atoms with Gasteiger partial charge in [0.1, 0.15) is 10.7 Å². The van der Waals surface area contributed by atoms with E-state index in [0.717, 1.165) is 55.4 Å². The average Bonchev–Trinajstić information content (AvgIpc) is 3.30. The van der Waals surface area contributed by atoms with E-state index in [0.29, 0.717) is 25.1 Å². The van der Waals surface area contributed by atoms with E-state index in [1.54, 1.807) is 0 Å². The lowest BCUT2D eigenvalue weighted by Crippen LogP contribution is -2.49. The predicted octanol–water partition coefficient (Wildman–Crippen LogP) is 2.58. The summed E-state index contributed by atoms with van der Waals surface area (Å²) in [6, 6.07) is 12.1. The van der Waals surface area contributed by atoms with E-state index in [4.69, 9.17) is 14.8 Å². The van der Waals surface area contributed by atoms with Crippen LogP contribution in [-0.2, 0) is 11.3 Å². The van der Waals surface area contributed by atoms with Crippen molar-refractivity contribution in [2.24, 2.45) is 0 Å². The maximum atomic E-state index is 13.4. The molecule has 0 bridgehead atoms. The minimum atomic E-state index is 0.0493. The first-order valence-electron chi connectivity index (χ1n) is 11.4. The van der Waals surface area contributed by atoms with E-state index in [1.165, 1.54) is 11.3 Å². The number of aromatic nitrogens is 2. The zero-order valence-corrected chi connectivity index (χ0v) is 19.5. The number of ether oxygens (including phenoxy) is 1. The number of rotatable bonds is 10. The molecule has 1 atom stereocenters. The van der Waals surface area contributed by atoms with Crippen molar-refractivity contribution >= 4 is 21.6 Å². The summed E-state index contributed by atoms with van der Waals surface area (Å²) >= 11 is 1.54. The standard InChI is InChI=1S/C24H32N4O3S/c1-2-21(27-11-9-26(10-12-27)13-15-31-16-14-29)22-25-23-20(8-17-32-23)24(30)28(22)18-19-6-4-3-5-7-19/h3-8,17,21,29H,2,9-16,18H2,1H3. The molecule has 1 saturated heterocycles. The van der Waals surface area contributed by atoms with E-state index in [9.17, 15) is 4.79 Å². The van der Waals surface area contributed by atoms with E-state index in [2.05, 4.69) is 28.9 Å². The normalized spacial score (nSPS) is 16.6. The summed E-state index contributed by atoms with van der Waals surface area (Å²) in [6.45, 7) is 8.49. The minimum Gasteiger partial charge on any atom is -0.394 e. The molecule has 3 heterocycles. The second-order valence-corrected chi connectivity index (χ2v) is 9.02. The number of benzene rings is 1. The number of thiophene rings is 1. The highest BCUT2D eigenvalue weighted by Gasteiger charge is 2.28. The second-order valence-electron chi connectivity index (χ2n) is 8.12. The number of hydrogen-bond acceptors (Lipinski definition) is 7. The fourth-order valence-corrected chi connectivity index (χ4v) is 5.16. The van der Waals surface area contributed by atoms with Gasteiger partial charge in [-0.15, -0.1) is 11.3 Å². The fraction of sp³-hybridized carbons (Fsp3) is 0.500. The quantitative estimate of drug-likeness (QED) is 0.473. The zero-order chi connectivity index (χ0) is 22.3. The molecule has 1 aliphatic heterocycles. The molecule has 7 nitrogen and oxygen atoms in total. The van der Waals surface area contributed by atoms with Crippen LogP contribution in [0.15, 0.2) is 46.6 Å². The van der Waals surface area contributed by atoms with E-state index >= 15 is 0 Å². The molecular formula is C24H32N4O3S. The summed E-state index contributed by atoms with van der Waals surface area (Å²) in [5.41, 5.74) is 1.16. The largest absolute Gasteiger partial charge is 0.394 e. The molecule has 1 aliphatic rings. The topological polar surface area (TPSA) is 70.8 Å². The van der Waals surface area contributed by atoms with Gasteiger partial charge in [0.05, 0.1) is 37.8 Å². The number of hydrogen-bond donors (Lipinski definition) is 1. The maximum Gasteiger partial charge on any atom is 0.262 e. The van der Waals surface area contributed by atoms with Gasteiger partial charge in [-0.2, -0.15) is 0 Å². The van der Waals surface area contributed by atoms with Crippen molar-refractivity contribution in [3.05, 3.63) is 63.5 Å². The van der Waals surface area contributed by atoms with Crippen molar-refractivity contribution in [3.8, 4) is 0 Å². The Bertz CT molecular complexity index is 1040. The summed E-state index contributed by atoms with van der Waals surface area (Å²) in [6.07, 6.45) is 0.901. The van der Waals surface area contributed by atoms with Gasteiger partial charge in [0.15, 0.2) is 0 Å².